The van der Waals surface area contributed by atoms with Gasteiger partial charge in [0.25, 0.3) is 0 Å². The Morgan fingerprint density at radius 1 is 1.30 bits per heavy atom. The molecule has 0 radical (unpaired) electrons. The van der Waals surface area contributed by atoms with Crippen LogP contribution in [0.3, 0.4) is 0 Å². The number of hydrogen-bond acceptors (Lipinski definition) is 3. The van der Waals surface area contributed by atoms with Gasteiger partial charge in [0.2, 0.25) is 0 Å². The van der Waals surface area contributed by atoms with Crippen molar-refractivity contribution in [2.75, 3.05) is 0 Å². The van der Waals surface area contributed by atoms with Crippen molar-refractivity contribution in [1.29, 1.82) is 5.53 Å². The van der Waals surface area contributed by atoms with E-state index in [1.165, 1.54) is 0 Å². The number of nitrogens with one attached hydrogen (secondary N) is 1. The van der Waals surface area contributed by atoms with E-state index in [4.69, 9.17) is 5.53 Å². The SMILES string of the molecule is CC/C(C)=N/N=C(/C)N=N. The minimum absolute atomic E-state index is 0.382. The average Bonchev–Trinajstić information content (AvgIpc) is 1.99. The fraction of sp³-hybridized carbons (Fsp3) is 0.667. The second-order valence-corrected chi connectivity index (χ2v) is 1.95. The first-order valence-electron chi connectivity index (χ1n) is 3.16. The molecule has 0 aromatic rings. The molecule has 0 saturated heterocycles. The van der Waals surface area contributed by atoms with Gasteiger partial charge >= 0.3 is 0 Å². The second-order valence-electron chi connectivity index (χ2n) is 1.95. The molecule has 0 amide bonds. The third-order valence-corrected chi connectivity index (χ3v) is 1.04. The van der Waals surface area contributed by atoms with E-state index >= 15 is 0 Å². The third-order valence-electron chi connectivity index (χ3n) is 1.04. The Morgan fingerprint density at radius 3 is 2.30 bits per heavy atom. The molecule has 0 aliphatic carbocycles. The minimum Gasteiger partial charge on any atom is -0.203 e. The highest BCUT2D eigenvalue weighted by molar-refractivity contribution is 5.84. The van der Waals surface area contributed by atoms with Crippen molar-refractivity contribution in [3.63, 3.8) is 0 Å². The van der Waals surface area contributed by atoms with Crippen LogP contribution >= 0.6 is 0 Å². The molecule has 0 aromatic heterocycles. The highest BCUT2D eigenvalue weighted by Crippen LogP contribution is 1.86. The summed E-state index contributed by atoms with van der Waals surface area (Å²) in [6.45, 7) is 5.53. The lowest BCUT2D eigenvalue weighted by molar-refractivity contribution is 1.10. The molecule has 0 aromatic carbocycles. The van der Waals surface area contributed by atoms with Crippen LogP contribution in [0.5, 0.6) is 0 Å². The molecule has 0 heterocycles. The van der Waals surface area contributed by atoms with Crippen molar-refractivity contribution in [3.8, 4) is 0 Å². The average molecular weight is 140 g/mol. The fourth-order valence-electron chi connectivity index (χ4n) is 0.251. The van der Waals surface area contributed by atoms with E-state index in [0.717, 1.165) is 12.1 Å². The summed E-state index contributed by atoms with van der Waals surface area (Å²) in [5, 5.41) is 10.6. The van der Waals surface area contributed by atoms with E-state index in [0.29, 0.717) is 5.84 Å². The zero-order valence-electron chi connectivity index (χ0n) is 6.55. The molecule has 10 heavy (non-hydrogen) atoms. The summed E-state index contributed by atoms with van der Waals surface area (Å²) in [5.74, 6) is 0.382. The predicted octanol–water partition coefficient (Wildman–Crippen LogP) is 2.22. The van der Waals surface area contributed by atoms with Gasteiger partial charge in [-0.3, -0.25) is 0 Å². The van der Waals surface area contributed by atoms with E-state index in [2.05, 4.69) is 15.3 Å². The van der Waals surface area contributed by atoms with Gasteiger partial charge in [0.1, 0.15) is 0 Å². The zero-order chi connectivity index (χ0) is 7.98. The van der Waals surface area contributed by atoms with Crippen molar-refractivity contribution in [3.05, 3.63) is 0 Å². The molecule has 1 N–H and O–H groups in total. The molecular weight excluding hydrogens is 128 g/mol. The largest absolute Gasteiger partial charge is 0.203 e. The van der Waals surface area contributed by atoms with Gasteiger partial charge in [0, 0.05) is 5.71 Å². The summed E-state index contributed by atoms with van der Waals surface area (Å²) < 4.78 is 0. The van der Waals surface area contributed by atoms with Crippen molar-refractivity contribution < 1.29 is 0 Å². The lowest BCUT2D eigenvalue weighted by Gasteiger charge is -1.87. The molecule has 4 nitrogen and oxygen atoms in total. The van der Waals surface area contributed by atoms with Crippen LogP contribution in [-0.4, -0.2) is 11.5 Å². The molecule has 0 spiro atoms. The zero-order valence-corrected chi connectivity index (χ0v) is 6.55. The lowest BCUT2D eigenvalue weighted by Crippen LogP contribution is -1.87. The van der Waals surface area contributed by atoms with Crippen LogP contribution in [0.1, 0.15) is 27.2 Å². The third kappa shape index (κ3) is 3.88. The van der Waals surface area contributed by atoms with E-state index < -0.39 is 0 Å². The number of nitrogens with zero attached hydrogens (tertiary/aromatic N) is 3. The standard InChI is InChI=1S/C6H12N4/c1-4-5(2)9-10-6(3)8-7/h7H,4H2,1-3H3/b8-7?,9-5+,10-6-. The van der Waals surface area contributed by atoms with E-state index in [1.54, 1.807) is 6.92 Å². The van der Waals surface area contributed by atoms with Crippen LogP contribution in [0.4, 0.5) is 0 Å². The van der Waals surface area contributed by atoms with Crippen LogP contribution in [-0.2, 0) is 0 Å². The van der Waals surface area contributed by atoms with E-state index in [9.17, 15) is 0 Å². The Bertz CT molecular complexity index is 169. The normalized spacial score (nSPS) is 13.5. The Balaban J connectivity index is 4.03. The minimum atomic E-state index is 0.382. The van der Waals surface area contributed by atoms with Crippen molar-refractivity contribution in [2.45, 2.75) is 27.2 Å². The highest BCUT2D eigenvalue weighted by atomic mass is 15.3. The maximum Gasteiger partial charge on any atom is 0.169 e. The fourth-order valence-corrected chi connectivity index (χ4v) is 0.251. The summed E-state index contributed by atoms with van der Waals surface area (Å²) in [6, 6.07) is 0. The number of hydrogen-bond donors (Lipinski definition) is 1. The topological polar surface area (TPSA) is 60.9 Å². The predicted molar refractivity (Wildman–Crippen MR) is 41.7 cm³/mol. The van der Waals surface area contributed by atoms with Gasteiger partial charge in [-0.05, 0) is 20.3 Å². The smallest absolute Gasteiger partial charge is 0.169 e. The first-order valence-corrected chi connectivity index (χ1v) is 3.16. The summed E-state index contributed by atoms with van der Waals surface area (Å²) in [4.78, 5) is 0. The lowest BCUT2D eigenvalue weighted by atomic mass is 10.3. The van der Waals surface area contributed by atoms with Crippen molar-refractivity contribution in [1.82, 2.24) is 0 Å². The number of rotatable bonds is 2. The Labute approximate surface area is 60.6 Å². The summed E-state index contributed by atoms with van der Waals surface area (Å²) in [5.41, 5.74) is 7.48. The van der Waals surface area contributed by atoms with Crippen molar-refractivity contribution in [2.24, 2.45) is 15.3 Å². The van der Waals surface area contributed by atoms with Crippen molar-refractivity contribution >= 4 is 11.5 Å². The number of amidine groups is 1. The monoisotopic (exact) mass is 140 g/mol. The van der Waals surface area contributed by atoms with Gasteiger partial charge in [-0.1, -0.05) is 6.92 Å². The van der Waals surface area contributed by atoms with Gasteiger partial charge in [-0.15, -0.1) is 10.2 Å². The molecule has 0 saturated carbocycles. The Hall–Kier alpha value is -1.06. The van der Waals surface area contributed by atoms with Crippen LogP contribution in [0.2, 0.25) is 0 Å². The maximum absolute atomic E-state index is 6.53. The summed E-state index contributed by atoms with van der Waals surface area (Å²) in [7, 11) is 0. The molecule has 0 atom stereocenters. The van der Waals surface area contributed by atoms with Crippen LogP contribution < -0.4 is 0 Å². The summed E-state index contributed by atoms with van der Waals surface area (Å²) in [6.07, 6.45) is 0.884. The van der Waals surface area contributed by atoms with E-state index in [1.807, 2.05) is 13.8 Å². The molecule has 0 aliphatic heterocycles. The molecule has 4 heteroatoms. The van der Waals surface area contributed by atoms with Gasteiger partial charge in [-0.25, -0.2) is 5.53 Å². The molecule has 56 valence electrons. The molecule has 0 fully saturated rings. The molecule has 0 aliphatic rings. The molecular formula is C6H12N4. The second kappa shape index (κ2) is 4.78. The first kappa shape index (κ1) is 8.94. The van der Waals surface area contributed by atoms with Crippen LogP contribution in [0.25, 0.3) is 0 Å². The van der Waals surface area contributed by atoms with E-state index in [-0.39, 0.29) is 0 Å². The van der Waals surface area contributed by atoms with Gasteiger partial charge in [-0.2, -0.15) is 5.10 Å². The van der Waals surface area contributed by atoms with Crippen LogP contribution in [0, 0.1) is 5.53 Å². The first-order chi connectivity index (χ1) is 4.70. The Kier molecular flexibility index (Phi) is 4.28. The molecule has 0 rings (SSSR count). The van der Waals surface area contributed by atoms with Crippen LogP contribution in [0.15, 0.2) is 15.3 Å². The van der Waals surface area contributed by atoms with Gasteiger partial charge < -0.3 is 0 Å². The Morgan fingerprint density at radius 2 is 1.90 bits per heavy atom. The maximum atomic E-state index is 6.53. The highest BCUT2D eigenvalue weighted by Gasteiger charge is 1.84. The van der Waals surface area contributed by atoms with Gasteiger partial charge in [0.15, 0.2) is 5.84 Å². The summed E-state index contributed by atoms with van der Waals surface area (Å²) >= 11 is 0. The van der Waals surface area contributed by atoms with Gasteiger partial charge in [0.05, 0.1) is 0 Å². The molecule has 0 unspecified atom stereocenters. The molecule has 0 bridgehead atoms. The quantitative estimate of drug-likeness (QED) is 0.264.